The normalized spacial score (nSPS) is 16.5. The summed E-state index contributed by atoms with van der Waals surface area (Å²) in [6, 6.07) is 10.7. The largest absolute Gasteiger partial charge is 0.396 e. The summed E-state index contributed by atoms with van der Waals surface area (Å²) in [5.74, 6) is 0.258. The van der Waals surface area contributed by atoms with Gasteiger partial charge in [-0.25, -0.2) is 9.50 Å². The molecule has 3 aromatic rings. The second kappa shape index (κ2) is 6.95. The number of aromatic nitrogens is 3. The Kier molecular flexibility index (Phi) is 4.46. The Morgan fingerprint density at radius 3 is 2.68 bits per heavy atom. The standard InChI is InChI=1S/C20H22N6O2/c1-24(2)20(28)16-9-6-10-25(16)19(27)14-11-15(21)18-22-17(23-26(18)12-14)13-7-4-3-5-8-13/h3-5,7-8,11-12,16H,6,9-10,21H2,1-2H3. The SMILES string of the molecule is CN(C)C(=O)C1CCCN1C(=O)c1cc(N)c2nc(-c3ccccc3)nn2c1. The number of anilines is 1. The minimum absolute atomic E-state index is 0.0629. The minimum atomic E-state index is -0.435. The van der Waals surface area contributed by atoms with Crippen LogP contribution in [-0.2, 0) is 4.79 Å². The van der Waals surface area contributed by atoms with Crippen molar-refractivity contribution in [2.75, 3.05) is 26.4 Å². The molecule has 0 saturated carbocycles. The van der Waals surface area contributed by atoms with E-state index in [4.69, 9.17) is 5.73 Å². The Morgan fingerprint density at radius 2 is 1.96 bits per heavy atom. The fourth-order valence-corrected chi connectivity index (χ4v) is 3.57. The molecule has 144 valence electrons. The van der Waals surface area contributed by atoms with Crippen LogP contribution in [0.2, 0.25) is 0 Å². The summed E-state index contributed by atoms with van der Waals surface area (Å²) in [5, 5.41) is 4.48. The molecule has 1 aliphatic rings. The molecule has 8 nitrogen and oxygen atoms in total. The van der Waals surface area contributed by atoms with Crippen LogP contribution in [0.25, 0.3) is 17.0 Å². The predicted octanol–water partition coefficient (Wildman–Crippen LogP) is 1.67. The van der Waals surface area contributed by atoms with E-state index in [1.54, 1.807) is 31.3 Å². The van der Waals surface area contributed by atoms with Gasteiger partial charge >= 0.3 is 0 Å². The molecule has 1 unspecified atom stereocenters. The van der Waals surface area contributed by atoms with Crippen LogP contribution in [0.5, 0.6) is 0 Å². The van der Waals surface area contributed by atoms with E-state index in [2.05, 4.69) is 10.1 Å². The fraction of sp³-hybridized carbons (Fsp3) is 0.300. The van der Waals surface area contributed by atoms with Gasteiger partial charge in [-0.3, -0.25) is 9.59 Å². The van der Waals surface area contributed by atoms with Gasteiger partial charge in [-0.2, -0.15) is 0 Å². The molecule has 2 amide bonds. The number of nitrogen functional groups attached to an aromatic ring is 1. The van der Waals surface area contributed by atoms with E-state index < -0.39 is 6.04 Å². The lowest BCUT2D eigenvalue weighted by molar-refractivity contribution is -0.132. The number of benzene rings is 1. The van der Waals surface area contributed by atoms with Gasteiger partial charge in [0.15, 0.2) is 11.5 Å². The number of carbonyl (C=O) groups excluding carboxylic acids is 2. The summed E-state index contributed by atoms with van der Waals surface area (Å²) in [7, 11) is 3.40. The third kappa shape index (κ3) is 3.06. The number of fused-ring (bicyclic) bond motifs is 1. The summed E-state index contributed by atoms with van der Waals surface area (Å²) in [4.78, 5) is 33.1. The lowest BCUT2D eigenvalue weighted by Gasteiger charge is -2.26. The molecule has 3 heterocycles. The average molecular weight is 378 g/mol. The van der Waals surface area contributed by atoms with Crippen LogP contribution in [0.15, 0.2) is 42.6 Å². The van der Waals surface area contributed by atoms with Crippen molar-refractivity contribution in [3.05, 3.63) is 48.2 Å². The summed E-state index contributed by atoms with van der Waals surface area (Å²) >= 11 is 0. The number of pyridine rings is 1. The van der Waals surface area contributed by atoms with Gasteiger partial charge in [-0.15, -0.1) is 5.10 Å². The van der Waals surface area contributed by atoms with Crippen molar-refractivity contribution in [1.82, 2.24) is 24.4 Å². The van der Waals surface area contributed by atoms with Crippen molar-refractivity contribution in [1.29, 1.82) is 0 Å². The number of likely N-dealkylation sites (N-methyl/N-ethyl adjacent to an activating group) is 1. The smallest absolute Gasteiger partial charge is 0.256 e. The Labute approximate surface area is 162 Å². The molecular weight excluding hydrogens is 356 g/mol. The van der Waals surface area contributed by atoms with Crippen molar-refractivity contribution in [3.63, 3.8) is 0 Å². The number of likely N-dealkylation sites (tertiary alicyclic amines) is 1. The maximum absolute atomic E-state index is 13.1. The number of nitrogens with two attached hydrogens (primary N) is 1. The average Bonchev–Trinajstić information content (AvgIpc) is 3.34. The second-order valence-electron chi connectivity index (χ2n) is 7.14. The zero-order valence-electron chi connectivity index (χ0n) is 15.9. The minimum Gasteiger partial charge on any atom is -0.396 e. The van der Waals surface area contributed by atoms with Gasteiger partial charge in [0.05, 0.1) is 11.3 Å². The molecular formula is C20H22N6O2. The molecule has 4 rings (SSSR count). The molecule has 28 heavy (non-hydrogen) atoms. The third-order valence-electron chi connectivity index (χ3n) is 4.98. The highest BCUT2D eigenvalue weighted by molar-refractivity contribution is 5.99. The first-order chi connectivity index (χ1) is 13.5. The highest BCUT2D eigenvalue weighted by atomic mass is 16.2. The molecule has 0 spiro atoms. The highest BCUT2D eigenvalue weighted by Crippen LogP contribution is 2.24. The van der Waals surface area contributed by atoms with E-state index in [0.29, 0.717) is 35.7 Å². The van der Waals surface area contributed by atoms with Crippen molar-refractivity contribution >= 4 is 23.1 Å². The molecule has 1 saturated heterocycles. The molecule has 8 heteroatoms. The zero-order valence-corrected chi connectivity index (χ0v) is 15.9. The van der Waals surface area contributed by atoms with Gasteiger partial charge in [-0.1, -0.05) is 30.3 Å². The first kappa shape index (κ1) is 18.0. The summed E-state index contributed by atoms with van der Waals surface area (Å²) in [6.45, 7) is 0.549. The number of rotatable bonds is 3. The van der Waals surface area contributed by atoms with Crippen LogP contribution in [0.1, 0.15) is 23.2 Å². The maximum atomic E-state index is 13.1. The van der Waals surface area contributed by atoms with Crippen molar-refractivity contribution in [2.24, 2.45) is 0 Å². The van der Waals surface area contributed by atoms with Gasteiger partial charge in [0.25, 0.3) is 5.91 Å². The molecule has 0 bridgehead atoms. The quantitative estimate of drug-likeness (QED) is 0.748. The number of amides is 2. The van der Waals surface area contributed by atoms with E-state index in [0.717, 1.165) is 12.0 Å². The van der Waals surface area contributed by atoms with Crippen LogP contribution in [0.4, 0.5) is 5.69 Å². The monoisotopic (exact) mass is 378 g/mol. The van der Waals surface area contributed by atoms with Gasteiger partial charge in [0.1, 0.15) is 6.04 Å². The lowest BCUT2D eigenvalue weighted by Crippen LogP contribution is -2.45. The maximum Gasteiger partial charge on any atom is 0.256 e. The first-order valence-electron chi connectivity index (χ1n) is 9.19. The highest BCUT2D eigenvalue weighted by Gasteiger charge is 2.35. The third-order valence-corrected chi connectivity index (χ3v) is 4.98. The molecule has 0 aliphatic carbocycles. The Morgan fingerprint density at radius 1 is 1.21 bits per heavy atom. The van der Waals surface area contributed by atoms with Crippen molar-refractivity contribution in [2.45, 2.75) is 18.9 Å². The van der Waals surface area contributed by atoms with Gasteiger partial charge < -0.3 is 15.5 Å². The van der Waals surface area contributed by atoms with Crippen LogP contribution >= 0.6 is 0 Å². The zero-order chi connectivity index (χ0) is 19.8. The molecule has 0 radical (unpaired) electrons. The molecule has 1 fully saturated rings. The van der Waals surface area contributed by atoms with Gasteiger partial charge in [-0.05, 0) is 18.9 Å². The van der Waals surface area contributed by atoms with Crippen LogP contribution < -0.4 is 5.73 Å². The number of carbonyl (C=O) groups is 2. The van der Waals surface area contributed by atoms with E-state index in [-0.39, 0.29) is 11.8 Å². The summed E-state index contributed by atoms with van der Waals surface area (Å²) < 4.78 is 1.53. The Balaban J connectivity index is 1.69. The van der Waals surface area contributed by atoms with E-state index in [1.807, 2.05) is 30.3 Å². The van der Waals surface area contributed by atoms with E-state index in [1.165, 1.54) is 9.42 Å². The van der Waals surface area contributed by atoms with Crippen LogP contribution in [-0.4, -0.2) is 62.9 Å². The molecule has 1 atom stereocenters. The Hall–Kier alpha value is -3.42. The summed E-state index contributed by atoms with van der Waals surface area (Å²) in [6.07, 6.45) is 3.10. The fourth-order valence-electron chi connectivity index (χ4n) is 3.57. The van der Waals surface area contributed by atoms with Crippen molar-refractivity contribution in [3.8, 4) is 11.4 Å². The van der Waals surface area contributed by atoms with Gasteiger partial charge in [0.2, 0.25) is 5.91 Å². The van der Waals surface area contributed by atoms with Crippen LogP contribution in [0.3, 0.4) is 0 Å². The van der Waals surface area contributed by atoms with Gasteiger partial charge in [0, 0.05) is 32.4 Å². The second-order valence-corrected chi connectivity index (χ2v) is 7.14. The first-order valence-corrected chi connectivity index (χ1v) is 9.19. The number of hydrogen-bond donors (Lipinski definition) is 1. The van der Waals surface area contributed by atoms with Crippen molar-refractivity contribution < 1.29 is 9.59 Å². The topological polar surface area (TPSA) is 96.8 Å². The molecule has 1 aromatic carbocycles. The predicted molar refractivity (Wildman–Crippen MR) is 106 cm³/mol. The Bertz CT molecular complexity index is 1040. The molecule has 1 aliphatic heterocycles. The van der Waals surface area contributed by atoms with E-state index in [9.17, 15) is 9.59 Å². The molecule has 2 aromatic heterocycles. The summed E-state index contributed by atoms with van der Waals surface area (Å²) in [5.41, 5.74) is 8.29. The van der Waals surface area contributed by atoms with E-state index >= 15 is 0 Å². The molecule has 2 N–H and O–H groups in total. The number of nitrogens with zero attached hydrogens (tertiary/aromatic N) is 5. The van der Waals surface area contributed by atoms with Crippen LogP contribution in [0, 0.1) is 0 Å². The lowest BCUT2D eigenvalue weighted by atomic mass is 10.1. The number of hydrogen-bond acceptors (Lipinski definition) is 5.